The summed E-state index contributed by atoms with van der Waals surface area (Å²) >= 11 is 1.86. The van der Waals surface area contributed by atoms with Crippen LogP contribution in [0.4, 0.5) is 0 Å². The Kier molecular flexibility index (Phi) is 4.84. The summed E-state index contributed by atoms with van der Waals surface area (Å²) in [7, 11) is 4.39. The van der Waals surface area contributed by atoms with Gasteiger partial charge in [0.25, 0.3) is 0 Å². The van der Waals surface area contributed by atoms with E-state index in [-0.39, 0.29) is 11.0 Å². The average Bonchev–Trinajstić information content (AvgIpc) is 3.18. The SMILES string of the molecule is CCCCN1CCC2(CCC(c3cccs3)(N(C)C)CC2)C1=O. The Bertz CT molecular complexity index is 530. The summed E-state index contributed by atoms with van der Waals surface area (Å²) in [6.07, 6.45) is 7.68. The predicted octanol–water partition coefficient (Wildman–Crippen LogP) is 4.10. The van der Waals surface area contributed by atoms with Crippen molar-refractivity contribution in [3.63, 3.8) is 0 Å². The summed E-state index contributed by atoms with van der Waals surface area (Å²) in [4.78, 5) is 19.0. The molecular weight excluding hydrogens is 304 g/mol. The number of unbranched alkanes of at least 4 members (excludes halogenated alkanes) is 1. The van der Waals surface area contributed by atoms with Gasteiger partial charge in [-0.15, -0.1) is 11.3 Å². The van der Waals surface area contributed by atoms with Gasteiger partial charge >= 0.3 is 0 Å². The fourth-order valence-corrected chi connectivity index (χ4v) is 5.59. The van der Waals surface area contributed by atoms with Crippen LogP contribution >= 0.6 is 11.3 Å². The Morgan fingerprint density at radius 1 is 1.22 bits per heavy atom. The Labute approximate surface area is 144 Å². The van der Waals surface area contributed by atoms with Crippen molar-refractivity contribution >= 4 is 17.2 Å². The first kappa shape index (κ1) is 17.0. The summed E-state index contributed by atoms with van der Waals surface area (Å²) in [5.41, 5.74) is 0.0844. The molecule has 128 valence electrons. The number of thiophene rings is 1. The van der Waals surface area contributed by atoms with Crippen LogP contribution < -0.4 is 0 Å². The lowest BCUT2D eigenvalue weighted by molar-refractivity contribution is -0.139. The topological polar surface area (TPSA) is 23.6 Å². The first-order valence-corrected chi connectivity index (χ1v) is 9.93. The zero-order valence-electron chi connectivity index (χ0n) is 14.8. The van der Waals surface area contributed by atoms with E-state index in [0.717, 1.165) is 51.6 Å². The van der Waals surface area contributed by atoms with Crippen LogP contribution in [0.3, 0.4) is 0 Å². The van der Waals surface area contributed by atoms with Gasteiger partial charge in [0.2, 0.25) is 5.91 Å². The highest BCUT2D eigenvalue weighted by molar-refractivity contribution is 7.10. The fraction of sp³-hybridized carbons (Fsp3) is 0.737. The number of carbonyl (C=O) groups is 1. The van der Waals surface area contributed by atoms with E-state index in [2.05, 4.69) is 48.3 Å². The molecule has 2 fully saturated rings. The number of likely N-dealkylation sites (tertiary alicyclic amines) is 1. The highest BCUT2D eigenvalue weighted by Gasteiger charge is 2.52. The van der Waals surface area contributed by atoms with Crippen molar-refractivity contribution in [3.05, 3.63) is 22.4 Å². The maximum Gasteiger partial charge on any atom is 0.228 e. The molecule has 1 aromatic heterocycles. The van der Waals surface area contributed by atoms with Crippen LogP contribution in [0.5, 0.6) is 0 Å². The van der Waals surface area contributed by atoms with Gasteiger partial charge in [-0.05, 0) is 64.1 Å². The number of hydrogen-bond acceptors (Lipinski definition) is 3. The van der Waals surface area contributed by atoms with E-state index in [1.54, 1.807) is 0 Å². The molecule has 1 amide bonds. The maximum atomic E-state index is 13.0. The lowest BCUT2D eigenvalue weighted by Gasteiger charge is -2.47. The van der Waals surface area contributed by atoms with Crippen molar-refractivity contribution in [2.75, 3.05) is 27.2 Å². The van der Waals surface area contributed by atoms with E-state index >= 15 is 0 Å². The second-order valence-electron chi connectivity index (χ2n) is 7.58. The normalized spacial score (nSPS) is 31.5. The molecule has 2 aliphatic rings. The van der Waals surface area contributed by atoms with Gasteiger partial charge in [0.05, 0.1) is 11.0 Å². The third-order valence-electron chi connectivity index (χ3n) is 6.25. The van der Waals surface area contributed by atoms with Crippen molar-refractivity contribution in [3.8, 4) is 0 Å². The van der Waals surface area contributed by atoms with Crippen LogP contribution in [-0.2, 0) is 10.3 Å². The molecule has 0 unspecified atom stereocenters. The maximum absolute atomic E-state index is 13.0. The zero-order valence-corrected chi connectivity index (χ0v) is 15.6. The second kappa shape index (κ2) is 6.56. The third kappa shape index (κ3) is 2.85. The molecule has 1 aliphatic heterocycles. The molecule has 0 bridgehead atoms. The van der Waals surface area contributed by atoms with Crippen molar-refractivity contribution in [1.29, 1.82) is 0 Å². The Morgan fingerprint density at radius 3 is 2.52 bits per heavy atom. The number of nitrogens with zero attached hydrogens (tertiary/aromatic N) is 2. The van der Waals surface area contributed by atoms with Gasteiger partial charge in [-0.3, -0.25) is 9.69 Å². The molecule has 0 atom stereocenters. The molecule has 0 radical (unpaired) electrons. The van der Waals surface area contributed by atoms with E-state index in [1.165, 1.54) is 11.3 Å². The standard InChI is InChI=1S/C19H30N2OS/c1-4-5-13-21-14-12-18(17(21)22)8-10-19(11-9-18,20(2)3)16-7-6-15-23-16/h6-7,15H,4-5,8-14H2,1-3H3. The van der Waals surface area contributed by atoms with Gasteiger partial charge in [-0.1, -0.05) is 19.4 Å². The van der Waals surface area contributed by atoms with Crippen LogP contribution in [-0.4, -0.2) is 42.9 Å². The Balaban J connectivity index is 1.74. The lowest BCUT2D eigenvalue weighted by Crippen LogP contribution is -2.48. The second-order valence-corrected chi connectivity index (χ2v) is 8.53. The van der Waals surface area contributed by atoms with Crippen molar-refractivity contribution in [2.45, 2.75) is 57.4 Å². The first-order valence-electron chi connectivity index (χ1n) is 9.05. The van der Waals surface area contributed by atoms with Gasteiger partial charge in [-0.2, -0.15) is 0 Å². The molecule has 0 aromatic carbocycles. The highest BCUT2D eigenvalue weighted by atomic mass is 32.1. The van der Waals surface area contributed by atoms with Gasteiger partial charge in [0.15, 0.2) is 0 Å². The zero-order chi connectivity index (χ0) is 16.5. The van der Waals surface area contributed by atoms with Crippen molar-refractivity contribution < 1.29 is 4.79 Å². The molecule has 3 rings (SSSR count). The van der Waals surface area contributed by atoms with Crippen LogP contribution in [0.1, 0.15) is 56.7 Å². The van der Waals surface area contributed by atoms with Gasteiger partial charge in [-0.25, -0.2) is 0 Å². The summed E-state index contributed by atoms with van der Waals surface area (Å²) < 4.78 is 0. The number of rotatable bonds is 5. The highest BCUT2D eigenvalue weighted by Crippen LogP contribution is 2.53. The molecule has 1 aliphatic carbocycles. The van der Waals surface area contributed by atoms with Crippen molar-refractivity contribution in [1.82, 2.24) is 9.80 Å². The van der Waals surface area contributed by atoms with Crippen molar-refractivity contribution in [2.24, 2.45) is 5.41 Å². The smallest absolute Gasteiger partial charge is 0.228 e. The molecule has 2 heterocycles. The minimum Gasteiger partial charge on any atom is -0.342 e. The van der Waals surface area contributed by atoms with E-state index in [1.807, 2.05) is 11.3 Å². The van der Waals surface area contributed by atoms with Crippen LogP contribution in [0.25, 0.3) is 0 Å². The molecule has 1 saturated heterocycles. The predicted molar refractivity (Wildman–Crippen MR) is 96.7 cm³/mol. The molecule has 1 aromatic rings. The molecular formula is C19H30N2OS. The van der Waals surface area contributed by atoms with E-state index < -0.39 is 0 Å². The number of amides is 1. The fourth-order valence-electron chi connectivity index (χ4n) is 4.52. The first-order chi connectivity index (χ1) is 11.0. The average molecular weight is 335 g/mol. The Hall–Kier alpha value is -0.870. The van der Waals surface area contributed by atoms with Crippen LogP contribution in [0, 0.1) is 5.41 Å². The van der Waals surface area contributed by atoms with Gasteiger partial charge in [0, 0.05) is 18.0 Å². The molecule has 3 nitrogen and oxygen atoms in total. The largest absolute Gasteiger partial charge is 0.342 e. The summed E-state index contributed by atoms with van der Waals surface area (Å²) in [5, 5.41) is 2.18. The van der Waals surface area contributed by atoms with Crippen LogP contribution in [0.15, 0.2) is 17.5 Å². The quantitative estimate of drug-likeness (QED) is 0.809. The summed E-state index contributed by atoms with van der Waals surface area (Å²) in [5.74, 6) is 0.449. The number of carbonyl (C=O) groups excluding carboxylic acids is 1. The molecule has 1 saturated carbocycles. The summed E-state index contributed by atoms with van der Waals surface area (Å²) in [6, 6.07) is 4.43. The van der Waals surface area contributed by atoms with E-state index in [9.17, 15) is 4.79 Å². The molecule has 23 heavy (non-hydrogen) atoms. The monoisotopic (exact) mass is 334 g/mol. The third-order valence-corrected chi connectivity index (χ3v) is 7.32. The van der Waals surface area contributed by atoms with E-state index in [4.69, 9.17) is 0 Å². The lowest BCUT2D eigenvalue weighted by atomic mass is 9.65. The molecule has 0 N–H and O–H groups in total. The summed E-state index contributed by atoms with van der Waals surface area (Å²) in [6.45, 7) is 4.14. The van der Waals surface area contributed by atoms with Crippen LogP contribution in [0.2, 0.25) is 0 Å². The molecule has 4 heteroatoms. The minimum absolute atomic E-state index is 0.0511. The van der Waals surface area contributed by atoms with Gasteiger partial charge < -0.3 is 4.90 Å². The van der Waals surface area contributed by atoms with Gasteiger partial charge in [0.1, 0.15) is 0 Å². The Morgan fingerprint density at radius 2 is 1.96 bits per heavy atom. The molecule has 1 spiro atoms. The van der Waals surface area contributed by atoms with E-state index in [0.29, 0.717) is 5.91 Å². The minimum atomic E-state index is -0.0511. The number of hydrogen-bond donors (Lipinski definition) is 0.